The Kier molecular flexibility index (Phi) is 7.47. The maximum absolute atomic E-state index is 10.5. The Labute approximate surface area is 163 Å². The summed E-state index contributed by atoms with van der Waals surface area (Å²) in [6.45, 7) is 0. The van der Waals surface area contributed by atoms with Crippen LogP contribution in [0.3, 0.4) is 0 Å². The SMILES string of the molecule is O=C(O)c1ccc(C(=O)O)c(Br)c1.O=C(O)c1ccc(C(=O)O)c(Br)c1. The van der Waals surface area contributed by atoms with Crippen molar-refractivity contribution < 1.29 is 39.6 Å². The van der Waals surface area contributed by atoms with Crippen molar-refractivity contribution in [2.24, 2.45) is 0 Å². The number of carboxylic acid groups (broad SMARTS) is 4. The molecule has 0 heterocycles. The van der Waals surface area contributed by atoms with Gasteiger partial charge in [0.25, 0.3) is 0 Å². The van der Waals surface area contributed by atoms with Gasteiger partial charge in [0.1, 0.15) is 0 Å². The number of benzene rings is 2. The Morgan fingerprint density at radius 1 is 0.577 bits per heavy atom. The number of carboxylic acids is 4. The monoisotopic (exact) mass is 488 g/mol. The molecule has 0 unspecified atom stereocenters. The average molecular weight is 490 g/mol. The lowest BCUT2D eigenvalue weighted by Gasteiger charge is -1.99. The van der Waals surface area contributed by atoms with Crippen molar-refractivity contribution in [2.75, 3.05) is 0 Å². The van der Waals surface area contributed by atoms with E-state index in [9.17, 15) is 19.2 Å². The minimum absolute atomic E-state index is 0.0463. The largest absolute Gasteiger partial charge is 0.478 e. The first-order valence-corrected chi connectivity index (χ1v) is 8.15. The number of rotatable bonds is 4. The lowest BCUT2D eigenvalue weighted by molar-refractivity contribution is 0.0680. The van der Waals surface area contributed by atoms with Crippen LogP contribution in [0.25, 0.3) is 0 Å². The molecule has 0 spiro atoms. The molecule has 0 fully saturated rings. The second kappa shape index (κ2) is 9.11. The predicted octanol–water partition coefficient (Wildman–Crippen LogP) is 3.69. The lowest BCUT2D eigenvalue weighted by Crippen LogP contribution is -2.01. The first kappa shape index (κ1) is 21.3. The van der Waals surface area contributed by atoms with Crippen LogP contribution < -0.4 is 0 Å². The lowest BCUT2D eigenvalue weighted by atomic mass is 10.1. The molecule has 2 aromatic carbocycles. The minimum Gasteiger partial charge on any atom is -0.478 e. The standard InChI is InChI=1S/2C8H5BrO4/c2*9-6-3-4(7(10)11)1-2-5(6)8(12)13/h2*1-3H,(H,10,11)(H,12,13). The highest BCUT2D eigenvalue weighted by molar-refractivity contribution is 9.10. The van der Waals surface area contributed by atoms with Crippen LogP contribution in [0.15, 0.2) is 45.3 Å². The van der Waals surface area contributed by atoms with Gasteiger partial charge in [-0.15, -0.1) is 0 Å². The van der Waals surface area contributed by atoms with Crippen LogP contribution in [-0.2, 0) is 0 Å². The van der Waals surface area contributed by atoms with E-state index in [4.69, 9.17) is 20.4 Å². The van der Waals surface area contributed by atoms with E-state index in [0.717, 1.165) is 0 Å². The summed E-state index contributed by atoms with van der Waals surface area (Å²) in [7, 11) is 0. The highest BCUT2D eigenvalue weighted by Crippen LogP contribution is 2.19. The number of aromatic carboxylic acids is 4. The molecule has 0 radical (unpaired) electrons. The Hall–Kier alpha value is -2.72. The summed E-state index contributed by atoms with van der Waals surface area (Å²) in [5.41, 5.74) is 0.198. The molecular formula is C16H10Br2O8. The zero-order valence-corrected chi connectivity index (χ0v) is 15.8. The third-order valence-corrected chi connectivity index (χ3v) is 4.21. The highest BCUT2D eigenvalue weighted by Gasteiger charge is 2.11. The van der Waals surface area contributed by atoms with E-state index in [1.807, 2.05) is 0 Å². The zero-order valence-electron chi connectivity index (χ0n) is 12.6. The molecule has 0 atom stereocenters. The van der Waals surface area contributed by atoms with Crippen molar-refractivity contribution in [3.05, 3.63) is 67.6 Å². The number of hydrogen-bond donors (Lipinski definition) is 4. The van der Waals surface area contributed by atoms with Crippen molar-refractivity contribution in [1.82, 2.24) is 0 Å². The summed E-state index contributed by atoms with van der Waals surface area (Å²) in [6, 6.07) is 7.50. The predicted molar refractivity (Wildman–Crippen MR) is 96.1 cm³/mol. The van der Waals surface area contributed by atoms with E-state index in [2.05, 4.69) is 31.9 Å². The molecule has 0 saturated heterocycles. The van der Waals surface area contributed by atoms with Crippen LogP contribution in [0, 0.1) is 0 Å². The van der Waals surface area contributed by atoms with Crippen LogP contribution in [0.2, 0.25) is 0 Å². The molecular weight excluding hydrogens is 480 g/mol. The smallest absolute Gasteiger partial charge is 0.336 e. The van der Waals surface area contributed by atoms with Crippen molar-refractivity contribution in [3.8, 4) is 0 Å². The topological polar surface area (TPSA) is 149 Å². The highest BCUT2D eigenvalue weighted by atomic mass is 79.9. The number of halogens is 2. The molecule has 26 heavy (non-hydrogen) atoms. The van der Waals surface area contributed by atoms with Gasteiger partial charge >= 0.3 is 23.9 Å². The van der Waals surface area contributed by atoms with Gasteiger partial charge in [-0.1, -0.05) is 0 Å². The van der Waals surface area contributed by atoms with E-state index < -0.39 is 23.9 Å². The molecule has 2 aromatic rings. The summed E-state index contributed by atoms with van der Waals surface area (Å²) in [5.74, 6) is -4.36. The molecule has 4 N–H and O–H groups in total. The van der Waals surface area contributed by atoms with E-state index in [0.29, 0.717) is 0 Å². The van der Waals surface area contributed by atoms with Gasteiger partial charge in [0.15, 0.2) is 0 Å². The van der Waals surface area contributed by atoms with Gasteiger partial charge in [0.2, 0.25) is 0 Å². The number of carbonyl (C=O) groups is 4. The van der Waals surface area contributed by atoms with Crippen LogP contribution >= 0.6 is 31.9 Å². The molecule has 0 amide bonds. The van der Waals surface area contributed by atoms with Crippen LogP contribution in [0.1, 0.15) is 41.4 Å². The fourth-order valence-corrected chi connectivity index (χ4v) is 2.74. The quantitative estimate of drug-likeness (QED) is 0.507. The van der Waals surface area contributed by atoms with E-state index in [1.54, 1.807) is 0 Å². The maximum Gasteiger partial charge on any atom is 0.336 e. The molecule has 0 saturated carbocycles. The fraction of sp³-hybridized carbons (Fsp3) is 0. The Morgan fingerprint density at radius 3 is 1.08 bits per heavy atom. The van der Waals surface area contributed by atoms with Gasteiger partial charge in [-0.2, -0.15) is 0 Å². The summed E-state index contributed by atoms with van der Waals surface area (Å²) < 4.78 is 0.528. The van der Waals surface area contributed by atoms with Gasteiger partial charge in [-0.3, -0.25) is 0 Å². The van der Waals surface area contributed by atoms with Gasteiger partial charge in [-0.25, -0.2) is 19.2 Å². The second-order valence-corrected chi connectivity index (χ2v) is 6.32. The number of hydrogen-bond acceptors (Lipinski definition) is 4. The Balaban J connectivity index is 0.000000260. The zero-order chi connectivity index (χ0) is 20.0. The normalized spacial score (nSPS) is 9.62. The van der Waals surface area contributed by atoms with Gasteiger partial charge in [0, 0.05) is 8.95 Å². The third kappa shape index (κ3) is 5.67. The van der Waals surface area contributed by atoms with Crippen molar-refractivity contribution in [1.29, 1.82) is 0 Å². The van der Waals surface area contributed by atoms with Gasteiger partial charge < -0.3 is 20.4 Å². The van der Waals surface area contributed by atoms with Crippen LogP contribution in [0.4, 0.5) is 0 Å². The molecule has 0 aliphatic heterocycles. The molecule has 0 bridgehead atoms. The Bertz CT molecular complexity index is 818. The summed E-state index contributed by atoms with van der Waals surface area (Å²) in [4.78, 5) is 42.0. The van der Waals surface area contributed by atoms with E-state index in [-0.39, 0.29) is 31.2 Å². The second-order valence-electron chi connectivity index (χ2n) is 4.61. The molecule has 0 aliphatic carbocycles. The molecule has 2 rings (SSSR count). The summed E-state index contributed by atoms with van der Waals surface area (Å²) in [5, 5.41) is 34.4. The molecule has 8 nitrogen and oxygen atoms in total. The minimum atomic E-state index is -1.09. The molecule has 0 aromatic heterocycles. The van der Waals surface area contributed by atoms with Crippen LogP contribution in [-0.4, -0.2) is 44.3 Å². The Morgan fingerprint density at radius 2 is 0.885 bits per heavy atom. The molecule has 10 heteroatoms. The summed E-state index contributed by atoms with van der Waals surface area (Å²) >= 11 is 5.94. The fourth-order valence-electron chi connectivity index (χ4n) is 1.64. The average Bonchev–Trinajstić information content (AvgIpc) is 2.54. The van der Waals surface area contributed by atoms with Gasteiger partial charge in [-0.05, 0) is 68.3 Å². The van der Waals surface area contributed by atoms with Crippen molar-refractivity contribution >= 4 is 55.7 Å². The van der Waals surface area contributed by atoms with Crippen molar-refractivity contribution in [2.45, 2.75) is 0 Å². The van der Waals surface area contributed by atoms with Crippen LogP contribution in [0.5, 0.6) is 0 Å². The maximum atomic E-state index is 10.5. The first-order chi connectivity index (χ1) is 12.0. The molecule has 136 valence electrons. The molecule has 0 aliphatic rings. The van der Waals surface area contributed by atoms with Crippen molar-refractivity contribution in [3.63, 3.8) is 0 Å². The first-order valence-electron chi connectivity index (χ1n) is 6.56. The van der Waals surface area contributed by atoms with E-state index >= 15 is 0 Å². The summed E-state index contributed by atoms with van der Waals surface area (Å²) in [6.07, 6.45) is 0. The van der Waals surface area contributed by atoms with E-state index in [1.165, 1.54) is 36.4 Å². The third-order valence-electron chi connectivity index (χ3n) is 2.89. The van der Waals surface area contributed by atoms with Gasteiger partial charge in [0.05, 0.1) is 22.3 Å².